The van der Waals surface area contributed by atoms with Crippen LogP contribution in [-0.2, 0) is 19.6 Å². The highest BCUT2D eigenvalue weighted by Crippen LogP contribution is 2.27. The summed E-state index contributed by atoms with van der Waals surface area (Å²) < 4.78 is 30.5. The molecule has 0 bridgehead atoms. The Morgan fingerprint density at radius 3 is 2.56 bits per heavy atom. The molecule has 3 aromatic rings. The molecule has 0 fully saturated rings. The fraction of sp³-hybridized carbons (Fsp3) is 0.111. The molecule has 0 amide bonds. The van der Waals surface area contributed by atoms with Crippen molar-refractivity contribution in [1.82, 2.24) is 9.82 Å². The largest absolute Gasteiger partial charge is 0.464 e. The topological polar surface area (TPSA) is 101 Å². The summed E-state index contributed by atoms with van der Waals surface area (Å²) in [5, 5.41) is 4.55. The molecular formula is C18H16BrN3O4S. The molecule has 3 rings (SSSR count). The van der Waals surface area contributed by atoms with Crippen LogP contribution in [0.15, 0.2) is 63.1 Å². The Balaban J connectivity index is 2.05. The van der Waals surface area contributed by atoms with E-state index < -0.39 is 16.0 Å². The molecular weight excluding hydrogens is 434 g/mol. The number of ether oxygens (including phenoxy) is 1. The first-order valence-corrected chi connectivity index (χ1v) is 10.1. The van der Waals surface area contributed by atoms with E-state index in [1.165, 1.54) is 19.2 Å². The highest BCUT2D eigenvalue weighted by molar-refractivity contribution is 9.10. The number of methoxy groups -OCH3 is 1. The molecule has 2 N–H and O–H groups in total. The fourth-order valence-electron chi connectivity index (χ4n) is 2.52. The Hall–Kier alpha value is -2.65. The Bertz CT molecular complexity index is 1140. The molecule has 7 nitrogen and oxygen atoms in total. The molecule has 0 saturated heterocycles. The minimum absolute atomic E-state index is 0.0428. The van der Waals surface area contributed by atoms with Gasteiger partial charge in [0.05, 0.1) is 12.0 Å². The van der Waals surface area contributed by atoms with Crippen molar-refractivity contribution >= 4 is 48.5 Å². The number of aromatic nitrogens is 1. The molecule has 27 heavy (non-hydrogen) atoms. The van der Waals surface area contributed by atoms with Gasteiger partial charge in [0.25, 0.3) is 10.0 Å². The van der Waals surface area contributed by atoms with Crippen LogP contribution < -0.4 is 4.83 Å². The number of hydrazone groups is 1. The number of nitrogens with zero attached hydrogens (tertiary/aromatic N) is 1. The van der Waals surface area contributed by atoms with E-state index in [4.69, 9.17) is 4.74 Å². The van der Waals surface area contributed by atoms with Crippen molar-refractivity contribution in [3.63, 3.8) is 0 Å². The maximum Gasteiger partial charge on any atom is 0.359 e. The maximum absolute atomic E-state index is 12.5. The van der Waals surface area contributed by atoms with Crippen molar-refractivity contribution in [2.24, 2.45) is 5.10 Å². The van der Waals surface area contributed by atoms with E-state index >= 15 is 0 Å². The standard InChI is InChI=1S/C18H16BrN3O4S/c1-11-6-8-12(9-7-11)27(24,25)22-21-17(18(23)26-2)13-10-20-15-5-3-4-14(19)16(13)15/h3-10,20,22H,1-2H3. The summed E-state index contributed by atoms with van der Waals surface area (Å²) in [6, 6.07) is 11.8. The first-order chi connectivity index (χ1) is 12.8. The van der Waals surface area contributed by atoms with Gasteiger partial charge >= 0.3 is 5.97 Å². The normalized spacial score (nSPS) is 12.2. The zero-order valence-corrected chi connectivity index (χ0v) is 16.9. The van der Waals surface area contributed by atoms with Crippen LogP contribution in [0.2, 0.25) is 0 Å². The van der Waals surface area contributed by atoms with E-state index in [1.807, 2.05) is 25.1 Å². The second-order valence-corrected chi connectivity index (χ2v) is 8.24. The number of aryl methyl sites for hydroxylation is 1. The summed E-state index contributed by atoms with van der Waals surface area (Å²) in [6.45, 7) is 1.85. The average Bonchev–Trinajstić information content (AvgIpc) is 3.07. The number of rotatable bonds is 5. The molecule has 0 aliphatic rings. The van der Waals surface area contributed by atoms with Crippen LogP contribution in [0.5, 0.6) is 0 Å². The number of esters is 1. The van der Waals surface area contributed by atoms with Crippen molar-refractivity contribution in [1.29, 1.82) is 0 Å². The highest BCUT2D eigenvalue weighted by atomic mass is 79.9. The third kappa shape index (κ3) is 3.88. The molecule has 0 atom stereocenters. The number of carbonyl (C=O) groups excluding carboxylic acids is 1. The summed E-state index contributed by atoms with van der Waals surface area (Å²) in [4.78, 5) is 17.4. The van der Waals surface area contributed by atoms with E-state index in [0.29, 0.717) is 10.9 Å². The lowest BCUT2D eigenvalue weighted by molar-refractivity contribution is -0.132. The van der Waals surface area contributed by atoms with Gasteiger partial charge in [0.1, 0.15) is 0 Å². The van der Waals surface area contributed by atoms with Crippen LogP contribution in [0.25, 0.3) is 10.9 Å². The first-order valence-electron chi connectivity index (χ1n) is 7.84. The molecule has 9 heteroatoms. The van der Waals surface area contributed by atoms with Gasteiger partial charge in [-0.05, 0) is 31.2 Å². The van der Waals surface area contributed by atoms with Crippen LogP contribution in [0.4, 0.5) is 0 Å². The molecule has 0 aliphatic heterocycles. The second kappa shape index (κ2) is 7.53. The van der Waals surface area contributed by atoms with Gasteiger partial charge in [0, 0.05) is 27.1 Å². The Morgan fingerprint density at radius 2 is 1.89 bits per heavy atom. The lowest BCUT2D eigenvalue weighted by Crippen LogP contribution is -2.25. The number of hydrogen-bond donors (Lipinski definition) is 2. The maximum atomic E-state index is 12.5. The van der Waals surface area contributed by atoms with Gasteiger partial charge in [-0.1, -0.05) is 39.7 Å². The Morgan fingerprint density at radius 1 is 1.19 bits per heavy atom. The monoisotopic (exact) mass is 449 g/mol. The van der Waals surface area contributed by atoms with Gasteiger partial charge in [-0.15, -0.1) is 0 Å². The number of sulfonamides is 1. The van der Waals surface area contributed by atoms with Gasteiger partial charge in [-0.3, -0.25) is 0 Å². The Kier molecular flexibility index (Phi) is 5.33. The second-order valence-electron chi connectivity index (χ2n) is 5.72. The van der Waals surface area contributed by atoms with E-state index in [1.54, 1.807) is 18.3 Å². The Labute approximate surface area is 164 Å². The van der Waals surface area contributed by atoms with Crippen LogP contribution >= 0.6 is 15.9 Å². The number of carbonyl (C=O) groups is 1. The highest BCUT2D eigenvalue weighted by Gasteiger charge is 2.22. The summed E-state index contributed by atoms with van der Waals surface area (Å²) >= 11 is 3.43. The molecule has 0 saturated carbocycles. The minimum atomic E-state index is -3.94. The van der Waals surface area contributed by atoms with E-state index in [-0.39, 0.29) is 10.6 Å². The molecule has 140 valence electrons. The van der Waals surface area contributed by atoms with Gasteiger partial charge in [-0.25, -0.2) is 4.79 Å². The average molecular weight is 450 g/mol. The number of halogens is 1. The van der Waals surface area contributed by atoms with Crippen molar-refractivity contribution < 1.29 is 17.9 Å². The number of fused-ring (bicyclic) bond motifs is 1. The lowest BCUT2D eigenvalue weighted by atomic mass is 10.1. The smallest absolute Gasteiger partial charge is 0.359 e. The third-order valence-electron chi connectivity index (χ3n) is 3.90. The molecule has 0 radical (unpaired) electrons. The molecule has 1 aromatic heterocycles. The van der Waals surface area contributed by atoms with Gasteiger partial charge in [-0.2, -0.15) is 18.4 Å². The number of aromatic amines is 1. The number of hydrogen-bond acceptors (Lipinski definition) is 5. The fourth-order valence-corrected chi connectivity index (χ4v) is 3.91. The number of benzene rings is 2. The van der Waals surface area contributed by atoms with E-state index in [2.05, 4.69) is 30.8 Å². The predicted octanol–water partition coefficient (Wildman–Crippen LogP) is 3.09. The van der Waals surface area contributed by atoms with Gasteiger partial charge in [0.15, 0.2) is 5.71 Å². The van der Waals surface area contributed by atoms with E-state index in [9.17, 15) is 13.2 Å². The van der Waals surface area contributed by atoms with Crippen molar-refractivity contribution in [2.75, 3.05) is 7.11 Å². The zero-order chi connectivity index (χ0) is 19.6. The third-order valence-corrected chi connectivity index (χ3v) is 5.78. The predicted molar refractivity (Wildman–Crippen MR) is 106 cm³/mol. The zero-order valence-electron chi connectivity index (χ0n) is 14.5. The van der Waals surface area contributed by atoms with Crippen LogP contribution in [0.1, 0.15) is 11.1 Å². The summed E-state index contributed by atoms with van der Waals surface area (Å²) in [7, 11) is -2.73. The van der Waals surface area contributed by atoms with Crippen molar-refractivity contribution in [2.45, 2.75) is 11.8 Å². The quantitative estimate of drug-likeness (QED) is 0.355. The molecule has 0 spiro atoms. The minimum Gasteiger partial charge on any atom is -0.464 e. The van der Waals surface area contributed by atoms with Crippen molar-refractivity contribution in [3.05, 3.63) is 64.3 Å². The number of H-pyrrole nitrogens is 1. The van der Waals surface area contributed by atoms with Crippen molar-refractivity contribution in [3.8, 4) is 0 Å². The summed E-state index contributed by atoms with van der Waals surface area (Å²) in [5.74, 6) is -0.766. The summed E-state index contributed by atoms with van der Waals surface area (Å²) in [5.41, 5.74) is 1.94. The van der Waals surface area contributed by atoms with Crippen LogP contribution in [-0.4, -0.2) is 32.2 Å². The first kappa shape index (κ1) is 19.1. The van der Waals surface area contributed by atoms with E-state index in [0.717, 1.165) is 15.6 Å². The SMILES string of the molecule is COC(=O)C(=NNS(=O)(=O)c1ccc(C)cc1)c1c[nH]c2cccc(Br)c12. The lowest BCUT2D eigenvalue weighted by Gasteiger charge is -2.07. The van der Waals surface area contributed by atoms with Crippen LogP contribution in [0.3, 0.4) is 0 Å². The number of nitrogens with one attached hydrogen (secondary N) is 2. The summed E-state index contributed by atoms with van der Waals surface area (Å²) in [6.07, 6.45) is 1.57. The molecule has 2 aromatic carbocycles. The van der Waals surface area contributed by atoms with Crippen LogP contribution in [0, 0.1) is 6.92 Å². The molecule has 1 heterocycles. The van der Waals surface area contributed by atoms with Gasteiger partial charge in [0.2, 0.25) is 0 Å². The van der Waals surface area contributed by atoms with Gasteiger partial charge < -0.3 is 9.72 Å². The molecule has 0 unspecified atom stereocenters. The molecule has 0 aliphatic carbocycles.